The zero-order valence-electron chi connectivity index (χ0n) is 21.1. The van der Waals surface area contributed by atoms with Gasteiger partial charge in [-0.1, -0.05) is 18.2 Å². The third-order valence-electron chi connectivity index (χ3n) is 7.06. The molecular formula is C26H28F3N5O4S. The Kier molecular flexibility index (Phi) is 7.21. The Balaban J connectivity index is 1.41. The van der Waals surface area contributed by atoms with Crippen LogP contribution in [0, 0.1) is 6.92 Å². The smallest absolute Gasteiger partial charge is 0.417 e. The number of thiophene rings is 1. The molecule has 1 saturated heterocycles. The maximum Gasteiger partial charge on any atom is 0.417 e. The zero-order valence-corrected chi connectivity index (χ0v) is 21.9. The van der Waals surface area contributed by atoms with Crippen LogP contribution >= 0.6 is 11.3 Å². The summed E-state index contributed by atoms with van der Waals surface area (Å²) in [4.78, 5) is 20.0. The molecule has 13 heteroatoms. The van der Waals surface area contributed by atoms with E-state index >= 15 is 0 Å². The number of hydrogen-bond donors (Lipinski definition) is 3. The third kappa shape index (κ3) is 5.28. The second-order valence-electron chi connectivity index (χ2n) is 9.54. The maximum absolute atomic E-state index is 14.0. The van der Waals surface area contributed by atoms with Gasteiger partial charge in [-0.2, -0.15) is 13.2 Å². The number of pyridine rings is 1. The molecule has 2 aliphatic heterocycles. The molecule has 5 rings (SSSR count). The average Bonchev–Trinajstić information content (AvgIpc) is 3.55. The highest BCUT2D eigenvalue weighted by atomic mass is 32.1. The van der Waals surface area contributed by atoms with Crippen LogP contribution in [0.15, 0.2) is 42.4 Å². The van der Waals surface area contributed by atoms with Crippen molar-refractivity contribution in [1.82, 2.24) is 4.98 Å². The monoisotopic (exact) mass is 563 g/mol. The van der Waals surface area contributed by atoms with Crippen LogP contribution < -0.4 is 21.3 Å². The Bertz CT molecular complexity index is 1420. The molecule has 0 aliphatic carbocycles. The highest BCUT2D eigenvalue weighted by molar-refractivity contribution is 7.21. The summed E-state index contributed by atoms with van der Waals surface area (Å²) < 4.78 is 52.5. The molecule has 1 atom stereocenters. The number of nitrogens with two attached hydrogens (primary N) is 2. The Morgan fingerprint density at radius 1 is 1.31 bits per heavy atom. The molecule has 1 aromatic carbocycles. The van der Waals surface area contributed by atoms with Gasteiger partial charge >= 0.3 is 6.18 Å². The first kappa shape index (κ1) is 26.9. The van der Waals surface area contributed by atoms with Gasteiger partial charge in [0.25, 0.3) is 5.91 Å². The number of aryl methyl sites for hydroxylation is 1. The largest absolute Gasteiger partial charge is 0.462 e. The van der Waals surface area contributed by atoms with Gasteiger partial charge in [-0.15, -0.1) is 11.3 Å². The molecule has 39 heavy (non-hydrogen) atoms. The first-order valence-corrected chi connectivity index (χ1v) is 13.2. The number of aliphatic hydroxyl groups is 1. The molecule has 208 valence electrons. The van der Waals surface area contributed by atoms with Gasteiger partial charge < -0.3 is 35.8 Å². The molecule has 1 amide bonds. The van der Waals surface area contributed by atoms with Crippen LogP contribution in [0.2, 0.25) is 0 Å². The molecule has 9 nitrogen and oxygen atoms in total. The molecule has 5 N–H and O–H groups in total. The summed E-state index contributed by atoms with van der Waals surface area (Å²) in [6.45, 7) is 3.18. The molecule has 3 aromatic rings. The van der Waals surface area contributed by atoms with Gasteiger partial charge in [0.1, 0.15) is 27.9 Å². The zero-order chi connectivity index (χ0) is 27.9. The fraction of sp³-hybridized carbons (Fsp3) is 0.385. The number of piperidine rings is 1. The first-order chi connectivity index (χ1) is 18.5. The quantitative estimate of drug-likeness (QED) is 0.394. The summed E-state index contributed by atoms with van der Waals surface area (Å²) in [7, 11) is 0. The molecule has 0 bridgehead atoms. The van der Waals surface area contributed by atoms with Gasteiger partial charge in [-0.05, 0) is 37.5 Å². The van der Waals surface area contributed by atoms with Crippen molar-refractivity contribution in [3.63, 3.8) is 0 Å². The van der Waals surface area contributed by atoms with Gasteiger partial charge in [-0.25, -0.2) is 4.98 Å². The fourth-order valence-corrected chi connectivity index (χ4v) is 6.08. The summed E-state index contributed by atoms with van der Waals surface area (Å²) in [5.74, 6) is -0.377. The second kappa shape index (κ2) is 10.5. The van der Waals surface area contributed by atoms with Gasteiger partial charge in [0.2, 0.25) is 6.79 Å². The lowest BCUT2D eigenvalue weighted by Gasteiger charge is -2.41. The van der Waals surface area contributed by atoms with E-state index in [1.165, 1.54) is 6.26 Å². The molecule has 2 aliphatic rings. The highest BCUT2D eigenvalue weighted by Gasteiger charge is 2.37. The number of alkyl halides is 3. The van der Waals surface area contributed by atoms with Crippen molar-refractivity contribution in [2.45, 2.75) is 38.1 Å². The van der Waals surface area contributed by atoms with E-state index in [-0.39, 0.29) is 46.0 Å². The molecule has 2 aromatic heterocycles. The number of anilines is 3. The maximum atomic E-state index is 14.0. The molecule has 0 spiro atoms. The lowest BCUT2D eigenvalue weighted by Crippen LogP contribution is -2.48. The number of aromatic nitrogens is 1. The van der Waals surface area contributed by atoms with Gasteiger partial charge in [0, 0.05) is 30.2 Å². The van der Waals surface area contributed by atoms with Crippen LogP contribution in [-0.4, -0.2) is 54.6 Å². The number of nitrogen functional groups attached to an aromatic ring is 1. The normalized spacial score (nSPS) is 17.1. The molecule has 1 fully saturated rings. The predicted molar refractivity (Wildman–Crippen MR) is 142 cm³/mol. The van der Waals surface area contributed by atoms with Gasteiger partial charge in [0.15, 0.2) is 5.76 Å². The summed E-state index contributed by atoms with van der Waals surface area (Å²) in [5, 5.41) is 10.5. The number of carbonyl (C=O) groups is 1. The minimum atomic E-state index is -4.70. The van der Waals surface area contributed by atoms with E-state index in [0.717, 1.165) is 28.7 Å². The molecule has 0 radical (unpaired) electrons. The van der Waals surface area contributed by atoms with Crippen molar-refractivity contribution in [3.05, 3.63) is 58.4 Å². The minimum absolute atomic E-state index is 0.00425. The number of hydrogen-bond acceptors (Lipinski definition) is 9. The number of para-hydroxylation sites is 1. The van der Waals surface area contributed by atoms with Gasteiger partial charge in [0.05, 0.1) is 17.8 Å². The number of ether oxygens (including phenoxy) is 2. The number of carbonyl (C=O) groups excluding carboxylic acids is 1. The summed E-state index contributed by atoms with van der Waals surface area (Å²) >= 11 is 0.763. The van der Waals surface area contributed by atoms with E-state index in [9.17, 15) is 23.1 Å². The van der Waals surface area contributed by atoms with Crippen molar-refractivity contribution in [1.29, 1.82) is 0 Å². The Morgan fingerprint density at radius 2 is 2.03 bits per heavy atom. The van der Waals surface area contributed by atoms with E-state index in [1.54, 1.807) is 4.90 Å². The molecule has 1 unspecified atom stereocenters. The van der Waals surface area contributed by atoms with Crippen molar-refractivity contribution in [3.8, 4) is 0 Å². The number of primary amides is 1. The number of amides is 1. The predicted octanol–water partition coefficient (Wildman–Crippen LogP) is 3.99. The van der Waals surface area contributed by atoms with E-state index in [2.05, 4.69) is 9.88 Å². The number of halogens is 3. The van der Waals surface area contributed by atoms with Crippen LogP contribution in [0.1, 0.15) is 33.6 Å². The Labute approximate surface area is 226 Å². The molecular weight excluding hydrogens is 535 g/mol. The van der Waals surface area contributed by atoms with E-state index in [1.807, 2.05) is 31.2 Å². The van der Waals surface area contributed by atoms with Crippen LogP contribution in [0.5, 0.6) is 0 Å². The molecule has 4 heterocycles. The SMILES string of the molecule is Cc1ccccc1N(CC(O)C1=COCO1)C1CCN(c2cc(C(F)(F)F)c3c(N)c(C(N)=O)sc3n2)CC1. The number of fused-ring (bicyclic) bond motifs is 1. The van der Waals surface area contributed by atoms with Crippen LogP contribution in [0.25, 0.3) is 10.2 Å². The summed E-state index contributed by atoms with van der Waals surface area (Å²) in [6.07, 6.45) is -2.98. The number of nitrogens with zero attached hydrogens (tertiary/aromatic N) is 3. The first-order valence-electron chi connectivity index (χ1n) is 12.3. The molecule has 0 saturated carbocycles. The number of benzene rings is 1. The van der Waals surface area contributed by atoms with E-state index in [4.69, 9.17) is 20.9 Å². The van der Waals surface area contributed by atoms with Crippen LogP contribution in [-0.2, 0) is 15.7 Å². The number of rotatable bonds is 7. The highest BCUT2D eigenvalue weighted by Crippen LogP contribution is 2.43. The van der Waals surface area contributed by atoms with Crippen molar-refractivity contribution in [2.24, 2.45) is 5.73 Å². The van der Waals surface area contributed by atoms with Crippen molar-refractivity contribution in [2.75, 3.05) is 42.0 Å². The van der Waals surface area contributed by atoms with Gasteiger partial charge in [-0.3, -0.25) is 4.79 Å². The van der Waals surface area contributed by atoms with E-state index in [0.29, 0.717) is 31.7 Å². The fourth-order valence-electron chi connectivity index (χ4n) is 5.12. The van der Waals surface area contributed by atoms with Crippen molar-refractivity contribution >= 4 is 44.7 Å². The van der Waals surface area contributed by atoms with E-state index < -0.39 is 23.8 Å². The van der Waals surface area contributed by atoms with Crippen LogP contribution in [0.4, 0.5) is 30.4 Å². The minimum Gasteiger partial charge on any atom is -0.462 e. The topological polar surface area (TPSA) is 127 Å². The number of aliphatic hydroxyl groups excluding tert-OH is 1. The lowest BCUT2D eigenvalue weighted by molar-refractivity contribution is -0.136. The Hall–Kier alpha value is -3.71. The third-order valence-corrected chi connectivity index (χ3v) is 8.17. The standard InChI is InChI=1S/C26H28F3N5O4S/c1-14-4-2-3-5-17(14)34(11-18(35)19-12-37-13-38-19)15-6-8-33(9-7-15)20-10-16(26(27,28)29)21-22(30)23(24(31)36)39-25(21)32-20/h2-5,10,12,15,18,35H,6-9,11,13,30H2,1H3,(H2,31,36). The second-order valence-corrected chi connectivity index (χ2v) is 10.5. The van der Waals surface area contributed by atoms with Crippen molar-refractivity contribution < 1.29 is 32.5 Å². The summed E-state index contributed by atoms with van der Waals surface area (Å²) in [6, 6.07) is 8.83. The lowest BCUT2D eigenvalue weighted by atomic mass is 10.00. The summed E-state index contributed by atoms with van der Waals surface area (Å²) in [5.41, 5.74) is 12.0. The average molecular weight is 564 g/mol. The van der Waals surface area contributed by atoms with Crippen LogP contribution in [0.3, 0.4) is 0 Å². The Morgan fingerprint density at radius 3 is 2.64 bits per heavy atom.